The first kappa shape index (κ1) is 17.1. The van der Waals surface area contributed by atoms with E-state index in [1.54, 1.807) is 48.7 Å². The van der Waals surface area contributed by atoms with Crippen LogP contribution in [0.5, 0.6) is 0 Å². The van der Waals surface area contributed by atoms with Gasteiger partial charge in [0.15, 0.2) is 6.10 Å². The number of amides is 1. The SMILES string of the molecule is O=C(N[C@H](Cc1cccnc1Br)C(=O)O)[C@@H](O)c1ccccc1. The summed E-state index contributed by atoms with van der Waals surface area (Å²) >= 11 is 3.24. The van der Waals surface area contributed by atoms with Crippen molar-refractivity contribution in [1.29, 1.82) is 0 Å². The van der Waals surface area contributed by atoms with Gasteiger partial charge in [-0.2, -0.15) is 0 Å². The van der Waals surface area contributed by atoms with E-state index in [1.807, 2.05) is 0 Å². The molecular formula is C16H15BrN2O4. The summed E-state index contributed by atoms with van der Waals surface area (Å²) in [6, 6.07) is 10.6. The number of aliphatic hydroxyl groups excluding tert-OH is 1. The Kier molecular flexibility index (Phi) is 5.84. The quantitative estimate of drug-likeness (QED) is 0.664. The Morgan fingerprint density at radius 2 is 1.87 bits per heavy atom. The summed E-state index contributed by atoms with van der Waals surface area (Å²) in [5, 5.41) is 21.7. The molecule has 0 saturated heterocycles. The highest BCUT2D eigenvalue weighted by atomic mass is 79.9. The van der Waals surface area contributed by atoms with Crippen LogP contribution >= 0.6 is 15.9 Å². The minimum atomic E-state index is -1.42. The number of hydrogen-bond donors (Lipinski definition) is 3. The molecule has 120 valence electrons. The van der Waals surface area contributed by atoms with Crippen LogP contribution in [0.15, 0.2) is 53.3 Å². The van der Waals surface area contributed by atoms with Crippen LogP contribution in [0.4, 0.5) is 0 Å². The van der Waals surface area contributed by atoms with E-state index < -0.39 is 24.0 Å². The molecule has 1 heterocycles. The van der Waals surface area contributed by atoms with E-state index in [2.05, 4.69) is 26.2 Å². The molecule has 23 heavy (non-hydrogen) atoms. The van der Waals surface area contributed by atoms with Crippen molar-refractivity contribution in [3.05, 3.63) is 64.4 Å². The Morgan fingerprint density at radius 1 is 1.17 bits per heavy atom. The number of halogens is 1. The number of nitrogens with zero attached hydrogens (tertiary/aromatic N) is 1. The molecule has 6 nitrogen and oxygen atoms in total. The molecule has 0 aliphatic heterocycles. The highest BCUT2D eigenvalue weighted by Crippen LogP contribution is 2.16. The number of aromatic nitrogens is 1. The molecule has 0 unspecified atom stereocenters. The van der Waals surface area contributed by atoms with Crippen LogP contribution in [0.1, 0.15) is 17.2 Å². The lowest BCUT2D eigenvalue weighted by molar-refractivity contribution is -0.143. The van der Waals surface area contributed by atoms with Gasteiger partial charge in [-0.1, -0.05) is 36.4 Å². The predicted molar refractivity (Wildman–Crippen MR) is 86.6 cm³/mol. The normalized spacial score (nSPS) is 13.1. The van der Waals surface area contributed by atoms with Crippen molar-refractivity contribution in [2.24, 2.45) is 0 Å². The molecule has 2 rings (SSSR count). The highest BCUT2D eigenvalue weighted by molar-refractivity contribution is 9.10. The van der Waals surface area contributed by atoms with E-state index in [9.17, 15) is 19.8 Å². The summed E-state index contributed by atoms with van der Waals surface area (Å²) < 4.78 is 0.518. The summed E-state index contributed by atoms with van der Waals surface area (Å²) in [6.07, 6.45) is 0.202. The van der Waals surface area contributed by atoms with Crippen molar-refractivity contribution >= 4 is 27.8 Å². The van der Waals surface area contributed by atoms with E-state index in [1.165, 1.54) is 0 Å². The number of carboxylic acids is 1. The summed E-state index contributed by atoms with van der Waals surface area (Å²) in [7, 11) is 0. The molecule has 3 N–H and O–H groups in total. The lowest BCUT2D eigenvalue weighted by Crippen LogP contribution is -2.44. The van der Waals surface area contributed by atoms with Crippen molar-refractivity contribution in [3.8, 4) is 0 Å². The summed E-state index contributed by atoms with van der Waals surface area (Å²) in [5.41, 5.74) is 1.05. The average molecular weight is 379 g/mol. The van der Waals surface area contributed by atoms with Gasteiger partial charge in [-0.15, -0.1) is 0 Å². The van der Waals surface area contributed by atoms with Gasteiger partial charge in [0.05, 0.1) is 0 Å². The third kappa shape index (κ3) is 4.61. The van der Waals surface area contributed by atoms with Gasteiger partial charge in [0, 0.05) is 12.6 Å². The molecule has 7 heteroatoms. The molecule has 1 aromatic heterocycles. The summed E-state index contributed by atoms with van der Waals surface area (Å²) in [6.45, 7) is 0. The van der Waals surface area contributed by atoms with E-state index in [0.29, 0.717) is 15.7 Å². The fourth-order valence-electron chi connectivity index (χ4n) is 2.03. The Bertz CT molecular complexity index is 693. The topological polar surface area (TPSA) is 99.5 Å². The van der Waals surface area contributed by atoms with Gasteiger partial charge in [0.1, 0.15) is 10.6 Å². The monoisotopic (exact) mass is 378 g/mol. The van der Waals surface area contributed by atoms with Crippen LogP contribution in [-0.2, 0) is 16.0 Å². The third-order valence-electron chi connectivity index (χ3n) is 3.24. The lowest BCUT2D eigenvalue weighted by atomic mass is 10.1. The van der Waals surface area contributed by atoms with Gasteiger partial charge in [0.2, 0.25) is 0 Å². The summed E-state index contributed by atoms with van der Waals surface area (Å²) in [4.78, 5) is 27.5. The lowest BCUT2D eigenvalue weighted by Gasteiger charge is -2.18. The number of benzene rings is 1. The molecule has 0 spiro atoms. The first-order valence-corrected chi connectivity index (χ1v) is 7.64. The number of aliphatic carboxylic acids is 1. The van der Waals surface area contributed by atoms with Crippen LogP contribution in [0.25, 0.3) is 0 Å². The van der Waals surface area contributed by atoms with Crippen molar-refractivity contribution in [3.63, 3.8) is 0 Å². The number of aliphatic hydroxyl groups is 1. The molecule has 0 bridgehead atoms. The van der Waals surface area contributed by atoms with E-state index >= 15 is 0 Å². The van der Waals surface area contributed by atoms with Crippen molar-refractivity contribution in [2.75, 3.05) is 0 Å². The van der Waals surface area contributed by atoms with E-state index in [4.69, 9.17) is 0 Å². The number of rotatable bonds is 6. The number of nitrogens with one attached hydrogen (secondary N) is 1. The minimum Gasteiger partial charge on any atom is -0.480 e. The van der Waals surface area contributed by atoms with Gasteiger partial charge in [-0.25, -0.2) is 9.78 Å². The highest BCUT2D eigenvalue weighted by Gasteiger charge is 2.25. The fourth-order valence-corrected chi connectivity index (χ4v) is 2.44. The molecule has 0 saturated carbocycles. The van der Waals surface area contributed by atoms with Crippen LogP contribution in [0.3, 0.4) is 0 Å². The maximum Gasteiger partial charge on any atom is 0.326 e. The largest absolute Gasteiger partial charge is 0.480 e. The minimum absolute atomic E-state index is 0.0526. The van der Waals surface area contributed by atoms with Crippen LogP contribution in [0.2, 0.25) is 0 Å². The molecule has 1 aromatic carbocycles. The molecular weight excluding hydrogens is 364 g/mol. The zero-order chi connectivity index (χ0) is 16.8. The third-order valence-corrected chi connectivity index (χ3v) is 3.95. The van der Waals surface area contributed by atoms with Gasteiger partial charge >= 0.3 is 5.97 Å². The van der Waals surface area contributed by atoms with Crippen molar-refractivity contribution in [1.82, 2.24) is 10.3 Å². The molecule has 2 atom stereocenters. The fraction of sp³-hybridized carbons (Fsp3) is 0.188. The van der Waals surface area contributed by atoms with Crippen LogP contribution in [0, 0.1) is 0 Å². The molecule has 0 radical (unpaired) electrons. The average Bonchev–Trinajstić information content (AvgIpc) is 2.56. The Labute approximate surface area is 141 Å². The Hall–Kier alpha value is -2.25. The van der Waals surface area contributed by atoms with Crippen LogP contribution in [-0.4, -0.2) is 33.1 Å². The predicted octanol–water partition coefficient (Wildman–Crippen LogP) is 1.69. The van der Waals surface area contributed by atoms with Gasteiger partial charge < -0.3 is 15.5 Å². The standard InChI is InChI=1S/C16H15BrN2O4/c17-14-11(7-4-8-18-14)9-12(16(22)23)19-15(21)13(20)10-5-2-1-3-6-10/h1-8,12-13,20H,9H2,(H,19,21)(H,22,23)/t12-,13+/m1/s1. The zero-order valence-corrected chi connectivity index (χ0v) is 13.6. The van der Waals surface area contributed by atoms with E-state index in [-0.39, 0.29) is 6.42 Å². The van der Waals surface area contributed by atoms with Crippen LogP contribution < -0.4 is 5.32 Å². The van der Waals surface area contributed by atoms with Gasteiger partial charge in [-0.3, -0.25) is 4.79 Å². The molecule has 0 fully saturated rings. The van der Waals surface area contributed by atoms with Gasteiger partial charge in [0.25, 0.3) is 5.91 Å². The molecule has 0 aliphatic carbocycles. The number of carboxylic acid groups (broad SMARTS) is 1. The van der Waals surface area contributed by atoms with Crippen molar-refractivity contribution < 1.29 is 19.8 Å². The first-order chi connectivity index (χ1) is 11.0. The second-order valence-corrected chi connectivity index (χ2v) is 5.62. The molecule has 1 amide bonds. The van der Waals surface area contributed by atoms with Crippen molar-refractivity contribution in [2.45, 2.75) is 18.6 Å². The van der Waals surface area contributed by atoms with E-state index in [0.717, 1.165) is 0 Å². The smallest absolute Gasteiger partial charge is 0.326 e. The van der Waals surface area contributed by atoms with Gasteiger partial charge in [-0.05, 0) is 33.1 Å². The zero-order valence-electron chi connectivity index (χ0n) is 12.0. The molecule has 2 aromatic rings. The second kappa shape index (κ2) is 7.85. The number of carbonyl (C=O) groups excluding carboxylic acids is 1. The summed E-state index contributed by atoms with van der Waals surface area (Å²) in [5.74, 6) is -1.95. The maximum atomic E-state index is 12.1. The maximum absolute atomic E-state index is 12.1. The number of pyridine rings is 1. The first-order valence-electron chi connectivity index (χ1n) is 6.84. The number of carbonyl (C=O) groups is 2. The Balaban J connectivity index is 2.09. The Morgan fingerprint density at radius 3 is 2.48 bits per heavy atom. The second-order valence-electron chi connectivity index (χ2n) is 4.87. The molecule has 0 aliphatic rings. The number of hydrogen-bond acceptors (Lipinski definition) is 4.